The molecule has 0 saturated carbocycles. The fraction of sp³-hybridized carbons (Fsp3) is 0.795. The average Bonchev–Trinajstić information content (AvgIpc) is 3.45. The Balaban J connectivity index is 4.27. The van der Waals surface area contributed by atoms with E-state index in [2.05, 4.69) is 93.7 Å². The third-order valence-corrected chi connectivity index (χ3v) is 15.2. The van der Waals surface area contributed by atoms with E-state index in [9.17, 15) is 14.4 Å². The summed E-state index contributed by atoms with van der Waals surface area (Å²) in [5, 5.41) is 0. The molecular formula is C73H130O6. The molecular weight excluding hydrogens is 973 g/mol. The molecule has 6 heteroatoms. The fourth-order valence-electron chi connectivity index (χ4n) is 10.1. The van der Waals surface area contributed by atoms with E-state index in [1.807, 2.05) is 0 Å². The molecule has 0 aliphatic heterocycles. The van der Waals surface area contributed by atoms with Crippen molar-refractivity contribution in [1.29, 1.82) is 0 Å². The van der Waals surface area contributed by atoms with Gasteiger partial charge in [-0.25, -0.2) is 0 Å². The van der Waals surface area contributed by atoms with Crippen molar-refractivity contribution in [2.24, 2.45) is 0 Å². The number of hydrogen-bond acceptors (Lipinski definition) is 6. The van der Waals surface area contributed by atoms with Crippen molar-refractivity contribution in [2.45, 2.75) is 361 Å². The van der Waals surface area contributed by atoms with E-state index in [1.165, 1.54) is 199 Å². The first kappa shape index (κ1) is 75.8. The van der Waals surface area contributed by atoms with Gasteiger partial charge in [0.15, 0.2) is 6.10 Å². The van der Waals surface area contributed by atoms with Gasteiger partial charge in [0.2, 0.25) is 0 Å². The van der Waals surface area contributed by atoms with E-state index in [0.29, 0.717) is 19.3 Å². The number of carbonyl (C=O) groups is 3. The van der Waals surface area contributed by atoms with Crippen molar-refractivity contribution in [2.75, 3.05) is 13.2 Å². The zero-order valence-electron chi connectivity index (χ0n) is 52.6. The van der Waals surface area contributed by atoms with Gasteiger partial charge in [-0.15, -0.1) is 0 Å². The zero-order chi connectivity index (χ0) is 57.1. The molecule has 0 aromatic rings. The number of allylic oxidation sites excluding steroid dienone is 12. The van der Waals surface area contributed by atoms with Gasteiger partial charge in [0.25, 0.3) is 0 Å². The molecule has 0 aromatic carbocycles. The molecule has 0 aliphatic carbocycles. The van der Waals surface area contributed by atoms with Crippen LogP contribution >= 0.6 is 0 Å². The van der Waals surface area contributed by atoms with Crippen LogP contribution in [0.3, 0.4) is 0 Å². The van der Waals surface area contributed by atoms with Crippen LogP contribution in [0.5, 0.6) is 0 Å². The number of ether oxygens (including phenoxy) is 3. The predicted octanol–water partition coefficient (Wildman–Crippen LogP) is 23.7. The summed E-state index contributed by atoms with van der Waals surface area (Å²) in [6.07, 6.45) is 87.9. The molecule has 458 valence electrons. The van der Waals surface area contributed by atoms with Gasteiger partial charge < -0.3 is 14.2 Å². The number of hydrogen-bond donors (Lipinski definition) is 0. The second-order valence-electron chi connectivity index (χ2n) is 23.1. The largest absolute Gasteiger partial charge is 0.462 e. The molecule has 1 atom stereocenters. The van der Waals surface area contributed by atoms with Crippen molar-refractivity contribution in [3.63, 3.8) is 0 Å². The van der Waals surface area contributed by atoms with Crippen LogP contribution in [0.15, 0.2) is 72.9 Å². The fourth-order valence-corrected chi connectivity index (χ4v) is 10.1. The van der Waals surface area contributed by atoms with Crippen LogP contribution in [0.1, 0.15) is 355 Å². The van der Waals surface area contributed by atoms with Crippen LogP contribution in [0.4, 0.5) is 0 Å². The lowest BCUT2D eigenvalue weighted by atomic mass is 10.0. The van der Waals surface area contributed by atoms with Crippen LogP contribution in [-0.2, 0) is 28.6 Å². The lowest BCUT2D eigenvalue weighted by Crippen LogP contribution is -2.30. The predicted molar refractivity (Wildman–Crippen MR) is 344 cm³/mol. The minimum atomic E-state index is -0.789. The quantitative estimate of drug-likeness (QED) is 0.0261. The normalized spacial score (nSPS) is 12.5. The molecule has 0 amide bonds. The minimum Gasteiger partial charge on any atom is -0.462 e. The Labute approximate surface area is 491 Å². The van der Waals surface area contributed by atoms with Gasteiger partial charge in [-0.1, -0.05) is 318 Å². The third kappa shape index (κ3) is 65.5. The maximum absolute atomic E-state index is 12.9. The lowest BCUT2D eigenvalue weighted by Gasteiger charge is -2.18. The van der Waals surface area contributed by atoms with E-state index >= 15 is 0 Å². The van der Waals surface area contributed by atoms with Crippen LogP contribution in [-0.4, -0.2) is 37.2 Å². The maximum Gasteiger partial charge on any atom is 0.306 e. The summed E-state index contributed by atoms with van der Waals surface area (Å²) in [7, 11) is 0. The molecule has 0 saturated heterocycles. The molecule has 0 fully saturated rings. The monoisotopic (exact) mass is 1100 g/mol. The smallest absolute Gasteiger partial charge is 0.306 e. The van der Waals surface area contributed by atoms with Gasteiger partial charge in [0.1, 0.15) is 13.2 Å². The Bertz CT molecular complexity index is 1450. The Morgan fingerprint density at radius 1 is 0.266 bits per heavy atom. The summed E-state index contributed by atoms with van der Waals surface area (Å²) in [6.45, 7) is 6.54. The molecule has 0 aromatic heterocycles. The highest BCUT2D eigenvalue weighted by molar-refractivity contribution is 5.71. The number of carbonyl (C=O) groups excluding carboxylic acids is 3. The van der Waals surface area contributed by atoms with Crippen LogP contribution < -0.4 is 0 Å². The molecule has 0 rings (SSSR count). The van der Waals surface area contributed by atoms with Crippen LogP contribution in [0.2, 0.25) is 0 Å². The van der Waals surface area contributed by atoms with Gasteiger partial charge in [0.05, 0.1) is 0 Å². The maximum atomic E-state index is 12.9. The first-order chi connectivity index (χ1) is 39.0. The Hall–Kier alpha value is -3.15. The van der Waals surface area contributed by atoms with Crippen molar-refractivity contribution < 1.29 is 28.6 Å². The highest BCUT2D eigenvalue weighted by Gasteiger charge is 2.19. The van der Waals surface area contributed by atoms with Crippen molar-refractivity contribution >= 4 is 17.9 Å². The van der Waals surface area contributed by atoms with E-state index in [0.717, 1.165) is 116 Å². The molecule has 0 aliphatic rings. The van der Waals surface area contributed by atoms with E-state index < -0.39 is 6.10 Å². The SMILES string of the molecule is CC/C=C\C/C=C\C/C=C\C/C=C\C/C=C\CCCCCCCC(=O)OC(COC(=O)CCCCCCC/C=C\CCCCCC)COC(=O)CCCCCCCCCCCCCCCCCCCCCCCCCCCCC. The molecule has 0 N–H and O–H groups in total. The first-order valence-corrected chi connectivity index (χ1v) is 34.4. The summed E-state index contributed by atoms with van der Waals surface area (Å²) in [4.78, 5) is 38.4. The van der Waals surface area contributed by atoms with Gasteiger partial charge in [-0.3, -0.25) is 14.4 Å². The molecule has 79 heavy (non-hydrogen) atoms. The van der Waals surface area contributed by atoms with E-state index in [1.54, 1.807) is 0 Å². The topological polar surface area (TPSA) is 78.9 Å². The van der Waals surface area contributed by atoms with Crippen molar-refractivity contribution in [1.82, 2.24) is 0 Å². The Morgan fingerprint density at radius 3 is 0.797 bits per heavy atom. The summed E-state index contributed by atoms with van der Waals surface area (Å²) >= 11 is 0. The lowest BCUT2D eigenvalue weighted by molar-refractivity contribution is -0.167. The summed E-state index contributed by atoms with van der Waals surface area (Å²) in [5.41, 5.74) is 0. The van der Waals surface area contributed by atoms with Crippen molar-refractivity contribution in [3.8, 4) is 0 Å². The molecule has 0 spiro atoms. The second kappa shape index (κ2) is 67.4. The Kier molecular flexibility index (Phi) is 64.7. The summed E-state index contributed by atoms with van der Waals surface area (Å²) in [5.74, 6) is -0.893. The third-order valence-electron chi connectivity index (χ3n) is 15.2. The second-order valence-corrected chi connectivity index (χ2v) is 23.1. The molecule has 0 bridgehead atoms. The highest BCUT2D eigenvalue weighted by atomic mass is 16.6. The van der Waals surface area contributed by atoms with Crippen LogP contribution in [0, 0.1) is 0 Å². The van der Waals surface area contributed by atoms with Crippen molar-refractivity contribution in [3.05, 3.63) is 72.9 Å². The standard InChI is InChI=1S/C73H130O6/c1-4-7-10-13-16-19-22-25-27-29-31-33-34-35-36-37-38-40-41-43-45-48-51-54-57-60-63-66-72(75)78-69-70(68-77-71(74)65-62-59-56-53-50-47-24-21-18-15-12-9-6-3)79-73(76)67-64-61-58-55-52-49-46-44-42-39-32-30-28-26-23-20-17-14-11-8-5-2/h8,11,17,20-21,24,26,28,32,39,44,46,70H,4-7,9-10,12-16,18-19,22-23,25,27,29-31,33-38,40-43,45,47-69H2,1-3H3/b11-8-,20-17-,24-21-,28-26-,39-32-,46-44-. The van der Waals surface area contributed by atoms with E-state index in [4.69, 9.17) is 14.2 Å². The molecule has 0 heterocycles. The number of esters is 3. The Morgan fingerprint density at radius 2 is 0.494 bits per heavy atom. The van der Waals surface area contributed by atoms with Gasteiger partial charge in [-0.05, 0) is 89.9 Å². The number of rotatable bonds is 63. The van der Waals surface area contributed by atoms with E-state index in [-0.39, 0.29) is 31.1 Å². The number of unbranched alkanes of at least 4 members (excludes halogenated alkanes) is 40. The highest BCUT2D eigenvalue weighted by Crippen LogP contribution is 2.18. The van der Waals surface area contributed by atoms with Gasteiger partial charge >= 0.3 is 17.9 Å². The average molecular weight is 1100 g/mol. The summed E-state index contributed by atoms with van der Waals surface area (Å²) in [6, 6.07) is 0. The van der Waals surface area contributed by atoms with Crippen LogP contribution in [0.25, 0.3) is 0 Å². The molecule has 0 radical (unpaired) electrons. The van der Waals surface area contributed by atoms with Gasteiger partial charge in [0, 0.05) is 19.3 Å². The molecule has 6 nitrogen and oxygen atoms in total. The summed E-state index contributed by atoms with van der Waals surface area (Å²) < 4.78 is 16.9. The van der Waals surface area contributed by atoms with Gasteiger partial charge in [-0.2, -0.15) is 0 Å². The molecule has 1 unspecified atom stereocenters. The minimum absolute atomic E-state index is 0.0830. The first-order valence-electron chi connectivity index (χ1n) is 34.4. The zero-order valence-corrected chi connectivity index (χ0v) is 52.6.